The van der Waals surface area contributed by atoms with Gasteiger partial charge in [-0.05, 0) is 30.9 Å². The van der Waals surface area contributed by atoms with E-state index < -0.39 is 0 Å². The first-order valence-corrected chi connectivity index (χ1v) is 7.08. The summed E-state index contributed by atoms with van der Waals surface area (Å²) in [5.41, 5.74) is 1.18. The van der Waals surface area contributed by atoms with Crippen molar-refractivity contribution in [3.63, 3.8) is 0 Å². The molecule has 20 heavy (non-hydrogen) atoms. The summed E-state index contributed by atoms with van der Waals surface area (Å²) in [5, 5.41) is 5.68. The Morgan fingerprint density at radius 2 is 2.10 bits per heavy atom. The van der Waals surface area contributed by atoms with E-state index in [1.807, 2.05) is 13.8 Å². The summed E-state index contributed by atoms with van der Waals surface area (Å²) in [7, 11) is 0. The number of hydrogen-bond donors (Lipinski definition) is 2. The van der Waals surface area contributed by atoms with Crippen LogP contribution >= 0.6 is 11.6 Å². The zero-order valence-corrected chi connectivity index (χ0v) is 12.3. The van der Waals surface area contributed by atoms with Crippen molar-refractivity contribution in [2.45, 2.75) is 38.6 Å². The Labute approximate surface area is 123 Å². The summed E-state index contributed by atoms with van der Waals surface area (Å²) in [6.45, 7) is 3.93. The van der Waals surface area contributed by atoms with Gasteiger partial charge in [-0.25, -0.2) is 4.98 Å². The van der Waals surface area contributed by atoms with Gasteiger partial charge in [-0.2, -0.15) is 0 Å². The quantitative estimate of drug-likeness (QED) is 0.815. The van der Waals surface area contributed by atoms with E-state index in [1.54, 1.807) is 6.07 Å². The molecule has 1 saturated carbocycles. The number of nitrogens with one attached hydrogen (secondary N) is 2. The van der Waals surface area contributed by atoms with Gasteiger partial charge in [0.1, 0.15) is 5.15 Å². The number of nitrogens with zero attached hydrogens (tertiary/aromatic N) is 1. The lowest BCUT2D eigenvalue weighted by Gasteiger charge is -2.09. The van der Waals surface area contributed by atoms with Crippen molar-refractivity contribution in [3.05, 3.63) is 28.5 Å². The molecule has 0 bridgehead atoms. The molecular formula is C14H18ClN3O2. The second-order valence-electron chi connectivity index (χ2n) is 5.28. The van der Waals surface area contributed by atoms with Gasteiger partial charge in [0.15, 0.2) is 0 Å². The van der Waals surface area contributed by atoms with Gasteiger partial charge < -0.3 is 10.6 Å². The Balaban J connectivity index is 1.95. The molecule has 0 saturated heterocycles. The monoisotopic (exact) mass is 295 g/mol. The van der Waals surface area contributed by atoms with E-state index in [4.69, 9.17) is 11.6 Å². The van der Waals surface area contributed by atoms with Crippen LogP contribution in [0.3, 0.4) is 0 Å². The first kappa shape index (κ1) is 14.8. The second-order valence-corrected chi connectivity index (χ2v) is 5.67. The third kappa shape index (κ3) is 4.20. The third-order valence-electron chi connectivity index (χ3n) is 3.02. The topological polar surface area (TPSA) is 71.1 Å². The maximum atomic E-state index is 12.0. The Bertz CT molecular complexity index is 527. The van der Waals surface area contributed by atoms with E-state index in [-0.39, 0.29) is 29.4 Å². The van der Waals surface area contributed by atoms with E-state index in [9.17, 15) is 9.59 Å². The summed E-state index contributed by atoms with van der Waals surface area (Å²) in [6.07, 6.45) is 2.05. The van der Waals surface area contributed by atoms with Crippen LogP contribution in [0.5, 0.6) is 0 Å². The van der Waals surface area contributed by atoms with E-state index in [2.05, 4.69) is 15.6 Å². The molecule has 0 spiro atoms. The Morgan fingerprint density at radius 1 is 1.40 bits per heavy atom. The van der Waals surface area contributed by atoms with Crippen molar-refractivity contribution in [1.82, 2.24) is 15.6 Å². The highest BCUT2D eigenvalue weighted by atomic mass is 35.5. The summed E-state index contributed by atoms with van der Waals surface area (Å²) < 4.78 is 0. The fourth-order valence-corrected chi connectivity index (χ4v) is 1.93. The average molecular weight is 296 g/mol. The third-order valence-corrected chi connectivity index (χ3v) is 3.21. The van der Waals surface area contributed by atoms with Gasteiger partial charge in [-0.3, -0.25) is 9.59 Å². The van der Waals surface area contributed by atoms with Crippen molar-refractivity contribution < 1.29 is 9.59 Å². The number of pyridine rings is 1. The number of carbonyl (C=O) groups is 2. The maximum Gasteiger partial charge on any atom is 0.251 e. The minimum absolute atomic E-state index is 0.0215. The molecule has 108 valence electrons. The molecule has 6 heteroatoms. The Kier molecular flexibility index (Phi) is 4.60. The molecule has 1 aromatic heterocycles. The highest BCUT2D eigenvalue weighted by Gasteiger charge is 2.23. The van der Waals surface area contributed by atoms with Gasteiger partial charge >= 0.3 is 0 Å². The fraction of sp³-hybridized carbons (Fsp3) is 0.500. The SMILES string of the molecule is CC(C)c1cc(C(=O)NCC(=O)NC2CC2)cc(Cl)n1. The smallest absolute Gasteiger partial charge is 0.251 e. The summed E-state index contributed by atoms with van der Waals surface area (Å²) >= 11 is 5.91. The number of rotatable bonds is 5. The molecule has 1 aromatic rings. The normalized spacial score (nSPS) is 14.2. The molecule has 0 aromatic carbocycles. The molecule has 2 rings (SSSR count). The molecule has 2 amide bonds. The first-order valence-electron chi connectivity index (χ1n) is 6.70. The summed E-state index contributed by atoms with van der Waals surface area (Å²) in [4.78, 5) is 27.7. The molecule has 1 fully saturated rings. The van der Waals surface area contributed by atoms with Gasteiger partial charge in [0.25, 0.3) is 5.91 Å². The Hall–Kier alpha value is -1.62. The minimum Gasteiger partial charge on any atom is -0.352 e. The van der Waals surface area contributed by atoms with Crippen LogP contribution < -0.4 is 10.6 Å². The second kappa shape index (κ2) is 6.22. The zero-order chi connectivity index (χ0) is 14.7. The summed E-state index contributed by atoms with van der Waals surface area (Å²) in [5.74, 6) is -0.300. The molecule has 1 aliphatic carbocycles. The largest absolute Gasteiger partial charge is 0.352 e. The lowest BCUT2D eigenvalue weighted by Crippen LogP contribution is -2.37. The molecule has 0 radical (unpaired) electrons. The van der Waals surface area contributed by atoms with Crippen LogP contribution in [0.1, 0.15) is 48.7 Å². The van der Waals surface area contributed by atoms with E-state index in [1.165, 1.54) is 6.07 Å². The predicted octanol–water partition coefficient (Wildman–Crippen LogP) is 1.87. The summed E-state index contributed by atoms with van der Waals surface area (Å²) in [6, 6.07) is 3.49. The van der Waals surface area contributed by atoms with Crippen LogP contribution in [0.4, 0.5) is 0 Å². The van der Waals surface area contributed by atoms with Crippen molar-refractivity contribution in [2.75, 3.05) is 6.54 Å². The molecule has 0 aliphatic heterocycles. The van der Waals surface area contributed by atoms with Gasteiger partial charge in [0.2, 0.25) is 5.91 Å². The molecule has 5 nitrogen and oxygen atoms in total. The molecule has 0 atom stereocenters. The number of hydrogen-bond acceptors (Lipinski definition) is 3. The molecule has 1 heterocycles. The first-order chi connectivity index (χ1) is 9.45. The van der Waals surface area contributed by atoms with Gasteiger partial charge in [-0.15, -0.1) is 0 Å². The lowest BCUT2D eigenvalue weighted by molar-refractivity contribution is -0.120. The van der Waals surface area contributed by atoms with E-state index >= 15 is 0 Å². The highest BCUT2D eigenvalue weighted by molar-refractivity contribution is 6.29. The van der Waals surface area contributed by atoms with Crippen LogP contribution in [0, 0.1) is 0 Å². The van der Waals surface area contributed by atoms with Gasteiger partial charge in [0, 0.05) is 17.3 Å². The lowest BCUT2D eigenvalue weighted by atomic mass is 10.1. The maximum absolute atomic E-state index is 12.0. The van der Waals surface area contributed by atoms with E-state index in [0.29, 0.717) is 11.6 Å². The number of carbonyl (C=O) groups excluding carboxylic acids is 2. The minimum atomic E-state index is -0.317. The van der Waals surface area contributed by atoms with Crippen molar-refractivity contribution in [2.24, 2.45) is 0 Å². The van der Waals surface area contributed by atoms with Crippen LogP contribution in [0.15, 0.2) is 12.1 Å². The van der Waals surface area contributed by atoms with E-state index in [0.717, 1.165) is 18.5 Å². The number of aromatic nitrogens is 1. The van der Waals surface area contributed by atoms with Crippen LogP contribution in [-0.2, 0) is 4.79 Å². The number of halogens is 1. The molecular weight excluding hydrogens is 278 g/mol. The Morgan fingerprint density at radius 3 is 2.70 bits per heavy atom. The van der Waals surface area contributed by atoms with Crippen LogP contribution in [-0.4, -0.2) is 29.4 Å². The molecule has 0 unspecified atom stereocenters. The van der Waals surface area contributed by atoms with Crippen LogP contribution in [0.25, 0.3) is 0 Å². The fourth-order valence-electron chi connectivity index (χ4n) is 1.71. The zero-order valence-electron chi connectivity index (χ0n) is 11.6. The van der Waals surface area contributed by atoms with Crippen LogP contribution in [0.2, 0.25) is 5.15 Å². The van der Waals surface area contributed by atoms with Crippen molar-refractivity contribution >= 4 is 23.4 Å². The standard InChI is InChI=1S/C14H18ClN3O2/c1-8(2)11-5-9(6-12(15)18-11)14(20)16-7-13(19)17-10-3-4-10/h5-6,8,10H,3-4,7H2,1-2H3,(H,16,20)(H,17,19). The van der Waals surface area contributed by atoms with Crippen molar-refractivity contribution in [1.29, 1.82) is 0 Å². The van der Waals surface area contributed by atoms with Gasteiger partial charge in [-0.1, -0.05) is 25.4 Å². The number of amides is 2. The van der Waals surface area contributed by atoms with Crippen molar-refractivity contribution in [3.8, 4) is 0 Å². The highest BCUT2D eigenvalue weighted by Crippen LogP contribution is 2.18. The molecule has 2 N–H and O–H groups in total. The predicted molar refractivity (Wildman–Crippen MR) is 76.8 cm³/mol. The van der Waals surface area contributed by atoms with Gasteiger partial charge in [0.05, 0.1) is 6.54 Å². The average Bonchev–Trinajstić information content (AvgIpc) is 3.19. The molecule has 1 aliphatic rings.